The Morgan fingerprint density at radius 3 is 2.53 bits per heavy atom. The molecule has 0 spiro atoms. The highest BCUT2D eigenvalue weighted by atomic mass is 16.3. The van der Waals surface area contributed by atoms with Gasteiger partial charge in [0.15, 0.2) is 0 Å². The fourth-order valence-corrected chi connectivity index (χ4v) is 2.37. The third kappa shape index (κ3) is 2.25. The van der Waals surface area contributed by atoms with Crippen molar-refractivity contribution < 1.29 is 5.11 Å². The van der Waals surface area contributed by atoms with E-state index < -0.39 is 16.9 Å². The van der Waals surface area contributed by atoms with Gasteiger partial charge in [-0.3, -0.25) is 14.3 Å². The van der Waals surface area contributed by atoms with Gasteiger partial charge >= 0.3 is 5.69 Å². The molecule has 1 aromatic rings. The van der Waals surface area contributed by atoms with Crippen LogP contribution < -0.4 is 21.9 Å². The number of rotatable bonds is 4. The van der Waals surface area contributed by atoms with Crippen LogP contribution in [0.3, 0.4) is 0 Å². The van der Waals surface area contributed by atoms with E-state index in [-0.39, 0.29) is 11.5 Å². The Bertz CT molecular complexity index is 584. The first-order chi connectivity index (χ1) is 8.91. The Hall–Kier alpha value is -1.76. The largest absolute Gasteiger partial charge is 0.386 e. The number of nitrogen functional groups attached to an aromatic ring is 1. The van der Waals surface area contributed by atoms with Crippen molar-refractivity contribution >= 4 is 11.5 Å². The summed E-state index contributed by atoms with van der Waals surface area (Å²) in [6, 6.07) is 0. The lowest BCUT2D eigenvalue weighted by atomic mass is 9.91. The zero-order chi connectivity index (χ0) is 14.2. The van der Waals surface area contributed by atoms with Crippen LogP contribution in [-0.2, 0) is 6.54 Å². The maximum absolute atomic E-state index is 11.9. The molecule has 0 radical (unpaired) electrons. The number of anilines is 2. The van der Waals surface area contributed by atoms with E-state index in [2.05, 4.69) is 4.98 Å². The highest BCUT2D eigenvalue weighted by Gasteiger charge is 2.41. The van der Waals surface area contributed by atoms with Gasteiger partial charge in [0.2, 0.25) is 0 Å². The molecule has 0 amide bonds. The Morgan fingerprint density at radius 2 is 2.00 bits per heavy atom. The van der Waals surface area contributed by atoms with Crippen molar-refractivity contribution in [3.05, 3.63) is 20.8 Å². The predicted octanol–water partition coefficient (Wildman–Crippen LogP) is -0.510. The molecule has 1 aliphatic heterocycles. The Labute approximate surface area is 110 Å². The molecule has 7 nitrogen and oxygen atoms in total. The van der Waals surface area contributed by atoms with Crippen LogP contribution in [0, 0.1) is 0 Å². The first-order valence-corrected chi connectivity index (χ1v) is 6.51. The quantitative estimate of drug-likeness (QED) is 0.682. The van der Waals surface area contributed by atoms with Crippen LogP contribution in [0.4, 0.5) is 11.5 Å². The fraction of sp³-hybridized carbons (Fsp3) is 0.667. The van der Waals surface area contributed by atoms with Crippen LogP contribution in [0.15, 0.2) is 9.59 Å². The molecule has 106 valence electrons. The SMILES string of the molecule is CCCn1c(N)c(N2CC(O)(CC)C2)c(=O)[nH]c1=O. The second kappa shape index (κ2) is 4.73. The molecule has 7 heteroatoms. The van der Waals surface area contributed by atoms with Gasteiger partial charge in [0.1, 0.15) is 11.5 Å². The third-order valence-electron chi connectivity index (χ3n) is 3.61. The molecule has 1 aliphatic rings. The van der Waals surface area contributed by atoms with Gasteiger partial charge in [0.05, 0.1) is 5.60 Å². The number of nitrogens with zero attached hydrogens (tertiary/aromatic N) is 2. The molecular weight excluding hydrogens is 248 g/mol. The van der Waals surface area contributed by atoms with Gasteiger partial charge in [-0.1, -0.05) is 13.8 Å². The number of β-amino-alcohol motifs (C(OH)–C–C–N with tert-alkyl or cyclic N) is 1. The smallest absolute Gasteiger partial charge is 0.330 e. The van der Waals surface area contributed by atoms with Gasteiger partial charge in [-0.05, 0) is 12.8 Å². The maximum atomic E-state index is 11.9. The number of hydrogen-bond donors (Lipinski definition) is 3. The first-order valence-electron chi connectivity index (χ1n) is 6.51. The van der Waals surface area contributed by atoms with Crippen LogP contribution in [0.1, 0.15) is 26.7 Å². The van der Waals surface area contributed by atoms with Gasteiger partial charge in [-0.25, -0.2) is 4.79 Å². The third-order valence-corrected chi connectivity index (χ3v) is 3.61. The molecule has 0 unspecified atom stereocenters. The normalized spacial score (nSPS) is 17.3. The molecule has 1 fully saturated rings. The minimum Gasteiger partial charge on any atom is -0.386 e. The van der Waals surface area contributed by atoms with Crippen molar-refractivity contribution in [3.8, 4) is 0 Å². The summed E-state index contributed by atoms with van der Waals surface area (Å²) < 4.78 is 1.36. The molecule has 1 aromatic heterocycles. The van der Waals surface area contributed by atoms with Crippen molar-refractivity contribution in [2.45, 2.75) is 38.8 Å². The molecule has 1 saturated heterocycles. The van der Waals surface area contributed by atoms with Gasteiger partial charge in [-0.2, -0.15) is 0 Å². The van der Waals surface area contributed by atoms with Gasteiger partial charge in [-0.15, -0.1) is 0 Å². The molecule has 0 atom stereocenters. The minimum absolute atomic E-state index is 0.175. The number of aliphatic hydroxyl groups is 1. The molecule has 2 heterocycles. The summed E-state index contributed by atoms with van der Waals surface area (Å²) in [4.78, 5) is 27.5. The topological polar surface area (TPSA) is 104 Å². The highest BCUT2D eigenvalue weighted by Crippen LogP contribution is 2.30. The van der Waals surface area contributed by atoms with E-state index >= 15 is 0 Å². The van der Waals surface area contributed by atoms with Crippen LogP contribution in [0.5, 0.6) is 0 Å². The zero-order valence-electron chi connectivity index (χ0n) is 11.3. The zero-order valence-corrected chi connectivity index (χ0v) is 11.3. The Balaban J connectivity index is 2.40. The van der Waals surface area contributed by atoms with E-state index in [9.17, 15) is 14.7 Å². The standard InChI is InChI=1S/C12H20N4O3/c1-3-5-16-9(13)8(10(17)14-11(16)18)15-6-12(19,4-2)7-15/h19H,3-7,13H2,1-2H3,(H,14,17,18). The monoisotopic (exact) mass is 268 g/mol. The molecular formula is C12H20N4O3. The van der Waals surface area contributed by atoms with Crippen molar-refractivity contribution in [1.29, 1.82) is 0 Å². The summed E-state index contributed by atoms with van der Waals surface area (Å²) in [5, 5.41) is 10.00. The van der Waals surface area contributed by atoms with E-state index in [1.54, 1.807) is 4.90 Å². The molecule has 0 aliphatic carbocycles. The first kappa shape index (κ1) is 13.7. The summed E-state index contributed by atoms with van der Waals surface area (Å²) in [6.07, 6.45) is 1.37. The number of aromatic amines is 1. The van der Waals surface area contributed by atoms with Crippen molar-refractivity contribution in [2.75, 3.05) is 23.7 Å². The van der Waals surface area contributed by atoms with Crippen LogP contribution in [0.2, 0.25) is 0 Å². The summed E-state index contributed by atoms with van der Waals surface area (Å²) in [5.74, 6) is 0.175. The average Bonchev–Trinajstić information content (AvgIpc) is 2.31. The second-order valence-corrected chi connectivity index (χ2v) is 5.08. The predicted molar refractivity (Wildman–Crippen MR) is 73.5 cm³/mol. The number of aromatic nitrogens is 2. The minimum atomic E-state index is -0.759. The van der Waals surface area contributed by atoms with Crippen LogP contribution in [-0.4, -0.2) is 33.3 Å². The molecule has 0 aromatic carbocycles. The lowest BCUT2D eigenvalue weighted by Crippen LogP contribution is -2.63. The second-order valence-electron chi connectivity index (χ2n) is 5.08. The van der Waals surface area contributed by atoms with Gasteiger partial charge in [0, 0.05) is 19.6 Å². The number of hydrogen-bond acceptors (Lipinski definition) is 5. The number of nitrogens with two attached hydrogens (primary N) is 1. The lowest BCUT2D eigenvalue weighted by molar-refractivity contribution is 0.00840. The number of nitrogens with one attached hydrogen (secondary N) is 1. The average molecular weight is 268 g/mol. The Morgan fingerprint density at radius 1 is 1.37 bits per heavy atom. The molecule has 4 N–H and O–H groups in total. The van der Waals surface area contributed by atoms with Gasteiger partial charge in [0.25, 0.3) is 5.56 Å². The molecule has 0 bridgehead atoms. The van der Waals surface area contributed by atoms with Crippen molar-refractivity contribution in [3.63, 3.8) is 0 Å². The Kier molecular flexibility index (Phi) is 3.40. The van der Waals surface area contributed by atoms with Crippen molar-refractivity contribution in [1.82, 2.24) is 9.55 Å². The van der Waals surface area contributed by atoms with Crippen LogP contribution in [0.25, 0.3) is 0 Å². The summed E-state index contributed by atoms with van der Waals surface area (Å²) in [6.45, 7) is 5.00. The van der Waals surface area contributed by atoms with E-state index in [0.29, 0.717) is 26.1 Å². The maximum Gasteiger partial charge on any atom is 0.330 e. The van der Waals surface area contributed by atoms with E-state index in [4.69, 9.17) is 5.73 Å². The lowest BCUT2D eigenvalue weighted by Gasteiger charge is -2.47. The van der Waals surface area contributed by atoms with E-state index in [1.807, 2.05) is 13.8 Å². The summed E-state index contributed by atoms with van der Waals surface area (Å²) in [5.41, 5.74) is 4.48. The number of H-pyrrole nitrogens is 1. The van der Waals surface area contributed by atoms with E-state index in [1.165, 1.54) is 4.57 Å². The highest BCUT2D eigenvalue weighted by molar-refractivity contribution is 5.64. The molecule has 19 heavy (non-hydrogen) atoms. The fourth-order valence-electron chi connectivity index (χ4n) is 2.37. The van der Waals surface area contributed by atoms with Gasteiger partial charge < -0.3 is 15.7 Å². The van der Waals surface area contributed by atoms with Crippen molar-refractivity contribution in [2.24, 2.45) is 0 Å². The van der Waals surface area contributed by atoms with Crippen LogP contribution >= 0.6 is 0 Å². The summed E-state index contributed by atoms with van der Waals surface area (Å²) >= 11 is 0. The molecule has 2 rings (SSSR count). The summed E-state index contributed by atoms with van der Waals surface area (Å²) in [7, 11) is 0. The molecule has 0 saturated carbocycles. The van der Waals surface area contributed by atoms with E-state index in [0.717, 1.165) is 6.42 Å².